The zero-order valence-electron chi connectivity index (χ0n) is 11.4. The van der Waals surface area contributed by atoms with E-state index in [1.165, 1.54) is 19.4 Å². The van der Waals surface area contributed by atoms with Gasteiger partial charge in [0.05, 0.1) is 24.4 Å². The Morgan fingerprint density at radius 3 is 2.67 bits per heavy atom. The summed E-state index contributed by atoms with van der Waals surface area (Å²) in [6, 6.07) is 8.48. The predicted octanol–water partition coefficient (Wildman–Crippen LogP) is 3.35. The summed E-state index contributed by atoms with van der Waals surface area (Å²) in [5.41, 5.74) is 5.77. The molecule has 112 valence electrons. The molecular weight excluding hydrogens is 281 g/mol. The van der Waals surface area contributed by atoms with Crippen LogP contribution in [0.15, 0.2) is 42.6 Å². The number of methoxy groups -OCH3 is 1. The first-order chi connectivity index (χ1) is 9.91. The molecule has 3 nitrogen and oxygen atoms in total. The largest absolute Gasteiger partial charge is 0.497 e. The molecule has 21 heavy (non-hydrogen) atoms. The minimum atomic E-state index is -4.46. The van der Waals surface area contributed by atoms with Crippen molar-refractivity contribution in [2.45, 2.75) is 18.6 Å². The van der Waals surface area contributed by atoms with Crippen LogP contribution in [0.4, 0.5) is 13.2 Å². The fourth-order valence-electron chi connectivity index (χ4n) is 2.10. The normalized spacial score (nSPS) is 13.0. The summed E-state index contributed by atoms with van der Waals surface area (Å²) in [4.78, 5) is 3.81. The van der Waals surface area contributed by atoms with Gasteiger partial charge in [0.25, 0.3) is 0 Å². The third-order valence-corrected chi connectivity index (χ3v) is 3.08. The van der Waals surface area contributed by atoms with Crippen molar-refractivity contribution in [2.24, 2.45) is 5.73 Å². The van der Waals surface area contributed by atoms with Crippen molar-refractivity contribution in [1.29, 1.82) is 0 Å². The molecule has 1 heterocycles. The number of benzene rings is 1. The quantitative estimate of drug-likeness (QED) is 0.941. The van der Waals surface area contributed by atoms with Gasteiger partial charge in [0.1, 0.15) is 5.75 Å². The van der Waals surface area contributed by atoms with Gasteiger partial charge in [-0.2, -0.15) is 13.2 Å². The van der Waals surface area contributed by atoms with Gasteiger partial charge < -0.3 is 10.5 Å². The van der Waals surface area contributed by atoms with Gasteiger partial charge in [-0.05, 0) is 36.2 Å². The number of nitrogens with two attached hydrogens (primary N) is 1. The summed E-state index contributed by atoms with van der Waals surface area (Å²) in [6.45, 7) is 0. The van der Waals surface area contributed by atoms with Gasteiger partial charge in [0.15, 0.2) is 0 Å². The van der Waals surface area contributed by atoms with Crippen LogP contribution in [0, 0.1) is 0 Å². The molecule has 2 N–H and O–H groups in total. The summed E-state index contributed by atoms with van der Waals surface area (Å²) >= 11 is 0. The highest BCUT2D eigenvalue weighted by molar-refractivity contribution is 5.31. The summed E-state index contributed by atoms with van der Waals surface area (Å²) in [5, 5.41) is 0. The van der Waals surface area contributed by atoms with Crippen LogP contribution in [0.25, 0.3) is 0 Å². The number of halogens is 3. The molecule has 0 spiro atoms. The number of rotatable bonds is 4. The van der Waals surface area contributed by atoms with Crippen LogP contribution >= 0.6 is 0 Å². The van der Waals surface area contributed by atoms with Crippen LogP contribution in [0.2, 0.25) is 0 Å². The first-order valence-corrected chi connectivity index (χ1v) is 6.32. The number of pyridine rings is 1. The molecular formula is C15H15F3N2O. The molecule has 0 fully saturated rings. The van der Waals surface area contributed by atoms with E-state index in [0.717, 1.165) is 11.6 Å². The molecule has 1 unspecified atom stereocenters. The van der Waals surface area contributed by atoms with Crippen LogP contribution in [0.3, 0.4) is 0 Å². The molecule has 0 bridgehead atoms. The molecule has 0 aliphatic rings. The third kappa shape index (κ3) is 3.72. The lowest BCUT2D eigenvalue weighted by Gasteiger charge is -2.17. The van der Waals surface area contributed by atoms with Crippen LogP contribution < -0.4 is 10.5 Å². The smallest absolute Gasteiger partial charge is 0.418 e. The van der Waals surface area contributed by atoms with Crippen molar-refractivity contribution in [3.63, 3.8) is 0 Å². The summed E-state index contributed by atoms with van der Waals surface area (Å²) < 4.78 is 43.9. The second-order valence-electron chi connectivity index (χ2n) is 4.60. The number of hydrogen-bond donors (Lipinski definition) is 1. The molecule has 6 heteroatoms. The second-order valence-corrected chi connectivity index (χ2v) is 4.60. The molecule has 0 saturated heterocycles. The lowest BCUT2D eigenvalue weighted by Crippen LogP contribution is -2.20. The third-order valence-electron chi connectivity index (χ3n) is 3.08. The molecule has 0 saturated carbocycles. The van der Waals surface area contributed by atoms with Crippen molar-refractivity contribution in [1.82, 2.24) is 4.98 Å². The van der Waals surface area contributed by atoms with Crippen LogP contribution in [0.1, 0.15) is 22.9 Å². The van der Waals surface area contributed by atoms with Gasteiger partial charge in [-0.3, -0.25) is 4.98 Å². The molecule has 0 radical (unpaired) electrons. The van der Waals surface area contributed by atoms with Crippen LogP contribution in [0.5, 0.6) is 5.75 Å². The van der Waals surface area contributed by atoms with E-state index in [1.807, 2.05) is 0 Å². The molecule has 1 aromatic carbocycles. The Morgan fingerprint density at radius 2 is 2.00 bits per heavy atom. The molecule has 0 aliphatic carbocycles. The Labute approximate surface area is 120 Å². The minimum Gasteiger partial charge on any atom is -0.497 e. The maximum absolute atomic E-state index is 13.0. The highest BCUT2D eigenvalue weighted by Gasteiger charge is 2.35. The molecule has 2 rings (SSSR count). The Bertz CT molecular complexity index is 614. The molecule has 1 atom stereocenters. The van der Waals surface area contributed by atoms with E-state index < -0.39 is 17.8 Å². The van der Waals surface area contributed by atoms with E-state index in [1.54, 1.807) is 24.3 Å². The molecule has 0 aliphatic heterocycles. The number of alkyl halides is 3. The van der Waals surface area contributed by atoms with Crippen molar-refractivity contribution >= 4 is 0 Å². The summed E-state index contributed by atoms with van der Waals surface area (Å²) in [7, 11) is 1.53. The van der Waals surface area contributed by atoms with Crippen molar-refractivity contribution in [3.8, 4) is 5.75 Å². The monoisotopic (exact) mass is 296 g/mol. The Hall–Kier alpha value is -2.08. The highest BCUT2D eigenvalue weighted by Crippen LogP contribution is 2.33. The van der Waals surface area contributed by atoms with Gasteiger partial charge in [-0.1, -0.05) is 12.1 Å². The lowest BCUT2D eigenvalue weighted by molar-refractivity contribution is -0.138. The number of hydrogen-bond acceptors (Lipinski definition) is 3. The lowest BCUT2D eigenvalue weighted by atomic mass is 10.00. The van der Waals surface area contributed by atoms with Gasteiger partial charge in [0.2, 0.25) is 0 Å². The van der Waals surface area contributed by atoms with Crippen LogP contribution in [-0.2, 0) is 12.6 Å². The van der Waals surface area contributed by atoms with Gasteiger partial charge in [0, 0.05) is 6.20 Å². The standard InChI is InChI=1S/C15H15F3N2O/c1-21-11-5-2-4-10(8-11)9-13(19)14-12(15(16,17)18)6-3-7-20-14/h2-8,13H,9,19H2,1H3. The molecule has 0 amide bonds. The fraction of sp³-hybridized carbons (Fsp3) is 0.267. The topological polar surface area (TPSA) is 48.1 Å². The molecule has 1 aromatic heterocycles. The first-order valence-electron chi connectivity index (χ1n) is 6.32. The number of aromatic nitrogens is 1. The van der Waals surface area contributed by atoms with Gasteiger partial charge in [-0.25, -0.2) is 0 Å². The Morgan fingerprint density at radius 1 is 1.24 bits per heavy atom. The van der Waals surface area contributed by atoms with Crippen LogP contribution in [-0.4, -0.2) is 12.1 Å². The Balaban J connectivity index is 2.26. The first kappa shape index (κ1) is 15.3. The number of ether oxygens (including phenoxy) is 1. The maximum atomic E-state index is 13.0. The average molecular weight is 296 g/mol. The van der Waals surface area contributed by atoms with E-state index in [0.29, 0.717) is 5.75 Å². The van der Waals surface area contributed by atoms with E-state index >= 15 is 0 Å². The zero-order valence-corrected chi connectivity index (χ0v) is 11.4. The van der Waals surface area contributed by atoms with Gasteiger partial charge >= 0.3 is 6.18 Å². The SMILES string of the molecule is COc1cccc(CC(N)c2ncccc2C(F)(F)F)c1. The Kier molecular flexibility index (Phi) is 4.47. The highest BCUT2D eigenvalue weighted by atomic mass is 19.4. The van der Waals surface area contributed by atoms with Crippen molar-refractivity contribution in [2.75, 3.05) is 7.11 Å². The van der Waals surface area contributed by atoms with E-state index in [2.05, 4.69) is 4.98 Å². The fourth-order valence-corrected chi connectivity index (χ4v) is 2.10. The second kappa shape index (κ2) is 6.13. The summed E-state index contributed by atoms with van der Waals surface area (Å²) in [5.74, 6) is 0.636. The van der Waals surface area contributed by atoms with E-state index in [4.69, 9.17) is 10.5 Å². The minimum absolute atomic E-state index is 0.146. The number of nitrogens with zero attached hydrogens (tertiary/aromatic N) is 1. The zero-order chi connectivity index (χ0) is 15.5. The van der Waals surface area contributed by atoms with E-state index in [-0.39, 0.29) is 12.1 Å². The predicted molar refractivity (Wildman–Crippen MR) is 72.9 cm³/mol. The van der Waals surface area contributed by atoms with Gasteiger partial charge in [-0.15, -0.1) is 0 Å². The molecule has 2 aromatic rings. The average Bonchev–Trinajstić information content (AvgIpc) is 2.46. The maximum Gasteiger partial charge on any atom is 0.418 e. The van der Waals surface area contributed by atoms with Crippen molar-refractivity contribution < 1.29 is 17.9 Å². The summed E-state index contributed by atoms with van der Waals surface area (Å²) in [6.07, 6.45) is -2.90. The van der Waals surface area contributed by atoms with Crippen molar-refractivity contribution in [3.05, 3.63) is 59.4 Å². The van der Waals surface area contributed by atoms with E-state index in [9.17, 15) is 13.2 Å².